The highest BCUT2D eigenvalue weighted by Gasteiger charge is 2.06. The Balaban J connectivity index is 2.17. The molecule has 0 aliphatic heterocycles. The number of amides is 1. The molecule has 6 nitrogen and oxygen atoms in total. The quantitative estimate of drug-likeness (QED) is 0.876. The molecule has 1 aromatic carbocycles. The van der Waals surface area contributed by atoms with Gasteiger partial charge in [0.05, 0.1) is 0 Å². The van der Waals surface area contributed by atoms with Crippen molar-refractivity contribution >= 4 is 23.3 Å². The summed E-state index contributed by atoms with van der Waals surface area (Å²) in [6.07, 6.45) is 0.317. The summed E-state index contributed by atoms with van der Waals surface area (Å²) in [6, 6.07) is 4.99. The van der Waals surface area contributed by atoms with E-state index in [0.717, 1.165) is 17.1 Å². The fraction of sp³-hybridized carbons (Fsp3) is 0.100. The van der Waals surface area contributed by atoms with E-state index in [-0.39, 0.29) is 0 Å². The first-order valence-electron chi connectivity index (χ1n) is 4.70. The zero-order chi connectivity index (χ0) is 12.3. The molecule has 2 N–H and O–H groups in total. The molecular formula is C10H9N3O3S. The number of hydrogen-bond donors (Lipinski definition) is 2. The van der Waals surface area contributed by atoms with E-state index in [1.165, 1.54) is 6.33 Å². The number of ether oxygens (including phenoxy) is 1. The number of nitrogens with one attached hydrogen (secondary N) is 1. The van der Waals surface area contributed by atoms with Gasteiger partial charge in [-0.3, -0.25) is 5.32 Å². The van der Waals surface area contributed by atoms with Crippen LogP contribution in [0.15, 0.2) is 24.5 Å². The van der Waals surface area contributed by atoms with Crippen molar-refractivity contribution in [2.75, 3.05) is 5.32 Å². The maximum absolute atomic E-state index is 10.5. The molecule has 0 fully saturated rings. The summed E-state index contributed by atoms with van der Waals surface area (Å²) in [5.74, 6) is 0.623. The lowest BCUT2D eigenvalue weighted by atomic mass is 10.2. The van der Waals surface area contributed by atoms with Crippen LogP contribution in [-0.4, -0.2) is 20.6 Å². The van der Waals surface area contributed by atoms with Crippen molar-refractivity contribution in [3.05, 3.63) is 30.1 Å². The number of anilines is 1. The minimum absolute atomic E-state index is 0.451. The molecule has 1 aromatic heterocycles. The molecule has 2 rings (SSSR count). The van der Waals surface area contributed by atoms with Gasteiger partial charge in [0.1, 0.15) is 12.1 Å². The molecule has 0 saturated heterocycles. The Morgan fingerprint density at radius 2 is 2.35 bits per heavy atom. The number of hydrogen-bond acceptors (Lipinski definition) is 5. The molecule has 7 heteroatoms. The zero-order valence-electron chi connectivity index (χ0n) is 8.88. The maximum Gasteiger partial charge on any atom is 0.409 e. The minimum Gasteiger partial charge on any atom is -0.465 e. The molecule has 0 aliphatic rings. The van der Waals surface area contributed by atoms with E-state index in [0.29, 0.717) is 16.6 Å². The minimum atomic E-state index is -1.10. The number of carbonyl (C=O) groups is 1. The normalized spacial score (nSPS) is 9.94. The second kappa shape index (κ2) is 4.79. The van der Waals surface area contributed by atoms with Gasteiger partial charge in [-0.1, -0.05) is 0 Å². The molecule has 88 valence electrons. The van der Waals surface area contributed by atoms with E-state index in [1.807, 2.05) is 6.92 Å². The van der Waals surface area contributed by atoms with E-state index in [1.54, 1.807) is 18.2 Å². The first kappa shape index (κ1) is 11.3. The van der Waals surface area contributed by atoms with Crippen LogP contribution in [0.3, 0.4) is 0 Å². The van der Waals surface area contributed by atoms with Gasteiger partial charge in [-0.05, 0) is 30.7 Å². The molecule has 0 bridgehead atoms. The summed E-state index contributed by atoms with van der Waals surface area (Å²) in [5, 5.41) is 11.3. The predicted molar refractivity (Wildman–Crippen MR) is 62.8 cm³/mol. The summed E-state index contributed by atoms with van der Waals surface area (Å²) in [5.41, 5.74) is 1.31. The lowest BCUT2D eigenvalue weighted by molar-refractivity contribution is 0.209. The Bertz CT molecular complexity index is 528. The van der Waals surface area contributed by atoms with Crippen LogP contribution in [0.2, 0.25) is 0 Å². The van der Waals surface area contributed by atoms with E-state index in [2.05, 4.69) is 14.7 Å². The van der Waals surface area contributed by atoms with Crippen molar-refractivity contribution in [2.45, 2.75) is 6.92 Å². The van der Waals surface area contributed by atoms with Crippen molar-refractivity contribution < 1.29 is 14.6 Å². The number of aryl methyl sites for hydroxylation is 1. The average molecular weight is 251 g/mol. The first-order chi connectivity index (χ1) is 8.15. The van der Waals surface area contributed by atoms with Crippen LogP contribution in [-0.2, 0) is 0 Å². The van der Waals surface area contributed by atoms with Gasteiger partial charge in [-0.15, -0.1) is 0 Å². The average Bonchev–Trinajstić information content (AvgIpc) is 2.74. The highest BCUT2D eigenvalue weighted by Crippen LogP contribution is 2.27. The van der Waals surface area contributed by atoms with Crippen LogP contribution >= 0.6 is 11.5 Å². The van der Waals surface area contributed by atoms with Crippen LogP contribution in [0.5, 0.6) is 10.9 Å². The van der Waals surface area contributed by atoms with Crippen LogP contribution in [0.25, 0.3) is 0 Å². The third-order valence-corrected chi connectivity index (χ3v) is 2.51. The van der Waals surface area contributed by atoms with Crippen molar-refractivity contribution in [3.8, 4) is 10.9 Å². The van der Waals surface area contributed by atoms with E-state index in [4.69, 9.17) is 9.84 Å². The summed E-state index contributed by atoms with van der Waals surface area (Å²) in [4.78, 5) is 14.4. The number of carboxylic acid groups (broad SMARTS) is 1. The van der Waals surface area contributed by atoms with Crippen molar-refractivity contribution in [1.29, 1.82) is 0 Å². The van der Waals surface area contributed by atoms with Gasteiger partial charge in [0.15, 0.2) is 0 Å². The second-order valence-corrected chi connectivity index (χ2v) is 3.96. The fourth-order valence-electron chi connectivity index (χ4n) is 1.27. The van der Waals surface area contributed by atoms with Gasteiger partial charge in [-0.25, -0.2) is 4.79 Å². The Morgan fingerprint density at radius 1 is 1.53 bits per heavy atom. The Kier molecular flexibility index (Phi) is 3.20. The molecule has 0 spiro atoms. The third kappa shape index (κ3) is 2.91. The molecule has 0 atom stereocenters. The monoisotopic (exact) mass is 251 g/mol. The van der Waals surface area contributed by atoms with Crippen LogP contribution in [0.1, 0.15) is 5.56 Å². The Morgan fingerprint density at radius 3 is 2.94 bits per heavy atom. The van der Waals surface area contributed by atoms with E-state index in [9.17, 15) is 4.79 Å². The van der Waals surface area contributed by atoms with Gasteiger partial charge in [-0.2, -0.15) is 9.36 Å². The Hall–Kier alpha value is -2.15. The number of aromatic nitrogens is 2. The molecule has 17 heavy (non-hydrogen) atoms. The highest BCUT2D eigenvalue weighted by molar-refractivity contribution is 7.07. The molecule has 0 unspecified atom stereocenters. The van der Waals surface area contributed by atoms with Crippen LogP contribution in [0.4, 0.5) is 10.5 Å². The predicted octanol–water partition coefficient (Wildman–Crippen LogP) is 2.73. The van der Waals surface area contributed by atoms with Crippen molar-refractivity contribution in [1.82, 2.24) is 9.36 Å². The van der Waals surface area contributed by atoms with Gasteiger partial charge in [0, 0.05) is 17.2 Å². The lowest BCUT2D eigenvalue weighted by Crippen LogP contribution is -2.07. The molecule has 1 amide bonds. The third-order valence-electron chi connectivity index (χ3n) is 1.96. The maximum atomic E-state index is 10.5. The summed E-state index contributed by atoms with van der Waals surface area (Å²) in [7, 11) is 0. The van der Waals surface area contributed by atoms with Gasteiger partial charge in [0.2, 0.25) is 0 Å². The molecule has 0 saturated carbocycles. The molecule has 2 aromatic rings. The second-order valence-electron chi connectivity index (χ2n) is 3.22. The molecule has 0 aliphatic carbocycles. The Labute approximate surface area is 101 Å². The number of benzene rings is 1. The van der Waals surface area contributed by atoms with Crippen LogP contribution < -0.4 is 10.1 Å². The van der Waals surface area contributed by atoms with E-state index >= 15 is 0 Å². The molecular weight excluding hydrogens is 242 g/mol. The lowest BCUT2D eigenvalue weighted by Gasteiger charge is -2.07. The highest BCUT2D eigenvalue weighted by atomic mass is 32.1. The summed E-state index contributed by atoms with van der Waals surface area (Å²) < 4.78 is 9.30. The fourth-order valence-corrected chi connectivity index (χ4v) is 1.67. The van der Waals surface area contributed by atoms with Gasteiger partial charge in [0.25, 0.3) is 5.19 Å². The number of nitrogens with zero attached hydrogens (tertiary/aromatic N) is 2. The SMILES string of the molecule is Cc1cc(NC(=O)O)ccc1Oc1ncns1. The molecule has 1 heterocycles. The van der Waals surface area contributed by atoms with E-state index < -0.39 is 6.09 Å². The largest absolute Gasteiger partial charge is 0.465 e. The van der Waals surface area contributed by atoms with Crippen molar-refractivity contribution in [2.24, 2.45) is 0 Å². The summed E-state index contributed by atoms with van der Waals surface area (Å²) >= 11 is 1.15. The smallest absolute Gasteiger partial charge is 0.409 e. The van der Waals surface area contributed by atoms with Crippen molar-refractivity contribution in [3.63, 3.8) is 0 Å². The number of rotatable bonds is 3. The van der Waals surface area contributed by atoms with Gasteiger partial charge < -0.3 is 9.84 Å². The summed E-state index contributed by atoms with van der Waals surface area (Å²) in [6.45, 7) is 1.82. The molecule has 0 radical (unpaired) electrons. The standard InChI is InChI=1S/C10H9N3O3S/c1-6-4-7(13-9(14)15)2-3-8(6)16-10-11-5-12-17-10/h2-5,13H,1H3,(H,14,15). The van der Waals surface area contributed by atoms with Crippen LogP contribution in [0, 0.1) is 6.92 Å². The first-order valence-corrected chi connectivity index (χ1v) is 5.47. The zero-order valence-corrected chi connectivity index (χ0v) is 9.69. The van der Waals surface area contributed by atoms with Gasteiger partial charge >= 0.3 is 6.09 Å². The topological polar surface area (TPSA) is 84.3 Å².